The molecule has 100 valence electrons. The zero-order chi connectivity index (χ0) is 13.1. The van der Waals surface area contributed by atoms with E-state index in [-0.39, 0.29) is 18.5 Å². The fourth-order valence-electron chi connectivity index (χ4n) is 2.03. The predicted octanol–water partition coefficient (Wildman–Crippen LogP) is -0.476. The first-order valence-electron chi connectivity index (χ1n) is 6.14. The van der Waals surface area contributed by atoms with E-state index in [0.717, 1.165) is 12.8 Å². The highest BCUT2D eigenvalue weighted by molar-refractivity contribution is 5.87. The molecule has 18 heavy (non-hydrogen) atoms. The lowest BCUT2D eigenvalue weighted by atomic mass is 10.2. The summed E-state index contributed by atoms with van der Waals surface area (Å²) in [5.41, 5.74) is 0. The lowest BCUT2D eigenvalue weighted by molar-refractivity contribution is -0.141. The van der Waals surface area contributed by atoms with Crippen molar-refractivity contribution in [2.45, 2.75) is 37.8 Å². The summed E-state index contributed by atoms with van der Waals surface area (Å²) < 4.78 is 0. The van der Waals surface area contributed by atoms with Gasteiger partial charge < -0.3 is 20.6 Å². The van der Waals surface area contributed by atoms with Crippen molar-refractivity contribution in [2.75, 3.05) is 13.1 Å². The second-order valence-electron chi connectivity index (χ2n) is 4.69. The first-order chi connectivity index (χ1) is 8.58. The van der Waals surface area contributed by atoms with Gasteiger partial charge in [-0.3, -0.25) is 4.79 Å². The normalized spacial score (nSPS) is 22.7. The highest BCUT2D eigenvalue weighted by atomic mass is 16.4. The summed E-state index contributed by atoms with van der Waals surface area (Å²) in [5.74, 6) is -1.22. The molecule has 1 heterocycles. The van der Waals surface area contributed by atoms with Crippen LogP contribution in [0.15, 0.2) is 0 Å². The number of nitrogens with one attached hydrogen (secondary N) is 2. The molecule has 7 nitrogen and oxygen atoms in total. The van der Waals surface area contributed by atoms with E-state index in [4.69, 9.17) is 5.11 Å². The zero-order valence-electron chi connectivity index (χ0n) is 10.0. The Morgan fingerprint density at radius 3 is 2.56 bits per heavy atom. The summed E-state index contributed by atoms with van der Waals surface area (Å²) in [5, 5.41) is 14.1. The van der Waals surface area contributed by atoms with E-state index in [1.165, 1.54) is 4.90 Å². The quantitative estimate of drug-likeness (QED) is 0.632. The van der Waals surface area contributed by atoms with Gasteiger partial charge >= 0.3 is 12.0 Å². The Hall–Kier alpha value is -1.79. The van der Waals surface area contributed by atoms with Crippen molar-refractivity contribution in [3.63, 3.8) is 0 Å². The van der Waals surface area contributed by atoms with Gasteiger partial charge in [0.25, 0.3) is 0 Å². The van der Waals surface area contributed by atoms with Crippen LogP contribution < -0.4 is 10.6 Å². The molecule has 1 aliphatic carbocycles. The maximum absolute atomic E-state index is 11.7. The first kappa shape index (κ1) is 12.7. The molecule has 2 aliphatic rings. The molecule has 2 fully saturated rings. The molecule has 0 aromatic rings. The molecule has 0 bridgehead atoms. The van der Waals surface area contributed by atoms with Gasteiger partial charge in [0.2, 0.25) is 5.91 Å². The van der Waals surface area contributed by atoms with Gasteiger partial charge in [0.05, 0.1) is 6.54 Å². The van der Waals surface area contributed by atoms with Gasteiger partial charge in [-0.05, 0) is 25.7 Å². The van der Waals surface area contributed by atoms with Gasteiger partial charge in [-0.2, -0.15) is 0 Å². The van der Waals surface area contributed by atoms with Crippen LogP contribution in [0.2, 0.25) is 0 Å². The predicted molar refractivity (Wildman–Crippen MR) is 61.9 cm³/mol. The van der Waals surface area contributed by atoms with Crippen LogP contribution in [0.4, 0.5) is 4.79 Å². The van der Waals surface area contributed by atoms with E-state index >= 15 is 0 Å². The molecular weight excluding hydrogens is 238 g/mol. The maximum atomic E-state index is 11.7. The van der Waals surface area contributed by atoms with Crippen molar-refractivity contribution in [3.05, 3.63) is 0 Å². The number of carbonyl (C=O) groups excluding carboxylic acids is 2. The summed E-state index contributed by atoms with van der Waals surface area (Å²) in [6.45, 7) is 0.325. The Bertz CT molecular complexity index is 367. The summed E-state index contributed by atoms with van der Waals surface area (Å²) in [7, 11) is 0. The van der Waals surface area contributed by atoms with Gasteiger partial charge in [0.1, 0.15) is 6.04 Å². The third-order valence-corrected chi connectivity index (χ3v) is 3.14. The lowest BCUT2D eigenvalue weighted by Crippen LogP contribution is -2.48. The molecule has 0 unspecified atom stereocenters. The van der Waals surface area contributed by atoms with Crippen LogP contribution in [-0.2, 0) is 9.59 Å². The molecule has 0 aromatic carbocycles. The Kier molecular flexibility index (Phi) is 3.69. The number of likely N-dealkylation sites (tertiary alicyclic amines) is 1. The summed E-state index contributed by atoms with van der Waals surface area (Å²) >= 11 is 0. The Labute approximate surface area is 105 Å². The molecule has 1 saturated heterocycles. The van der Waals surface area contributed by atoms with E-state index in [2.05, 4.69) is 10.6 Å². The number of carboxylic acids is 1. The van der Waals surface area contributed by atoms with Crippen LogP contribution in [-0.4, -0.2) is 53.1 Å². The largest absolute Gasteiger partial charge is 0.480 e. The zero-order valence-corrected chi connectivity index (χ0v) is 10.0. The topological polar surface area (TPSA) is 98.7 Å². The van der Waals surface area contributed by atoms with Gasteiger partial charge in [-0.15, -0.1) is 0 Å². The Balaban J connectivity index is 1.76. The molecule has 1 saturated carbocycles. The van der Waals surface area contributed by atoms with Crippen molar-refractivity contribution in [1.29, 1.82) is 0 Å². The number of amides is 3. The molecule has 3 N–H and O–H groups in total. The number of carboxylic acid groups (broad SMARTS) is 1. The summed E-state index contributed by atoms with van der Waals surface area (Å²) in [6.07, 6.45) is 3.13. The summed E-state index contributed by atoms with van der Waals surface area (Å²) in [4.78, 5) is 35.3. The highest BCUT2D eigenvalue weighted by Gasteiger charge is 2.34. The standard InChI is InChI=1S/C11H17N3O4/c15-9(13-7-3-4-7)6-12-11(18)14-5-1-2-8(14)10(16)17/h7-8H,1-6H2,(H,12,18)(H,13,15)(H,16,17)/t8-/m1/s1. The fraction of sp³-hybridized carbons (Fsp3) is 0.727. The molecule has 0 aromatic heterocycles. The SMILES string of the molecule is O=C(CNC(=O)N1CCC[C@@H]1C(=O)O)NC1CC1. The minimum Gasteiger partial charge on any atom is -0.480 e. The van der Waals surface area contributed by atoms with E-state index in [9.17, 15) is 14.4 Å². The van der Waals surface area contributed by atoms with Crippen LogP contribution in [0.25, 0.3) is 0 Å². The first-order valence-corrected chi connectivity index (χ1v) is 6.14. The highest BCUT2D eigenvalue weighted by Crippen LogP contribution is 2.18. The lowest BCUT2D eigenvalue weighted by Gasteiger charge is -2.21. The average molecular weight is 255 g/mol. The minimum absolute atomic E-state index is 0.0990. The number of rotatable bonds is 4. The number of urea groups is 1. The van der Waals surface area contributed by atoms with Crippen molar-refractivity contribution in [2.24, 2.45) is 0 Å². The maximum Gasteiger partial charge on any atom is 0.326 e. The van der Waals surface area contributed by atoms with Crippen LogP contribution >= 0.6 is 0 Å². The van der Waals surface area contributed by atoms with Crippen LogP contribution in [0, 0.1) is 0 Å². The van der Waals surface area contributed by atoms with Crippen molar-refractivity contribution in [1.82, 2.24) is 15.5 Å². The van der Waals surface area contributed by atoms with Crippen LogP contribution in [0.5, 0.6) is 0 Å². The second-order valence-corrected chi connectivity index (χ2v) is 4.69. The third kappa shape index (κ3) is 3.12. The van der Waals surface area contributed by atoms with Gasteiger partial charge in [0.15, 0.2) is 0 Å². The molecule has 1 aliphatic heterocycles. The number of carbonyl (C=O) groups is 3. The van der Waals surface area contributed by atoms with Gasteiger partial charge in [0, 0.05) is 12.6 Å². The number of nitrogens with zero attached hydrogens (tertiary/aromatic N) is 1. The van der Waals surface area contributed by atoms with E-state index < -0.39 is 18.0 Å². The minimum atomic E-state index is -0.995. The molecule has 0 spiro atoms. The van der Waals surface area contributed by atoms with E-state index in [1.54, 1.807) is 0 Å². The smallest absolute Gasteiger partial charge is 0.326 e. The number of aliphatic carboxylic acids is 1. The second kappa shape index (κ2) is 5.24. The molecule has 7 heteroatoms. The number of hydrogen-bond acceptors (Lipinski definition) is 3. The number of hydrogen-bond donors (Lipinski definition) is 3. The van der Waals surface area contributed by atoms with Gasteiger partial charge in [-0.1, -0.05) is 0 Å². The van der Waals surface area contributed by atoms with Crippen molar-refractivity contribution in [3.8, 4) is 0 Å². The average Bonchev–Trinajstić information content (AvgIpc) is 2.98. The van der Waals surface area contributed by atoms with Gasteiger partial charge in [-0.25, -0.2) is 9.59 Å². The Morgan fingerprint density at radius 2 is 1.94 bits per heavy atom. The van der Waals surface area contributed by atoms with Crippen molar-refractivity contribution >= 4 is 17.9 Å². The molecule has 2 rings (SSSR count). The third-order valence-electron chi connectivity index (χ3n) is 3.14. The van der Waals surface area contributed by atoms with Crippen molar-refractivity contribution < 1.29 is 19.5 Å². The van der Waals surface area contributed by atoms with E-state index in [0.29, 0.717) is 19.4 Å². The monoisotopic (exact) mass is 255 g/mol. The van der Waals surface area contributed by atoms with Crippen LogP contribution in [0.1, 0.15) is 25.7 Å². The molecule has 1 atom stereocenters. The molecular formula is C11H17N3O4. The summed E-state index contributed by atoms with van der Waals surface area (Å²) in [6, 6.07) is -0.990. The molecule has 0 radical (unpaired) electrons. The fourth-order valence-corrected chi connectivity index (χ4v) is 2.03. The Morgan fingerprint density at radius 1 is 1.22 bits per heavy atom. The van der Waals surface area contributed by atoms with E-state index in [1.807, 2.05) is 0 Å². The molecule has 3 amide bonds. The van der Waals surface area contributed by atoms with Crippen LogP contribution in [0.3, 0.4) is 0 Å².